The number of hydrogen-bond acceptors (Lipinski definition) is 5. The topological polar surface area (TPSA) is 68.5 Å². The Morgan fingerprint density at radius 2 is 1.15 bits per heavy atom. The molecular weight excluding hydrogens is 736 g/mol. The van der Waals surface area contributed by atoms with Gasteiger partial charge in [0.15, 0.2) is 6.29 Å². The highest BCUT2D eigenvalue weighted by molar-refractivity contribution is 14.1. The highest BCUT2D eigenvalue weighted by Crippen LogP contribution is 2.47. The molecule has 0 amide bonds. The Morgan fingerprint density at radius 1 is 0.683 bits per heavy atom. The molecule has 1 aliphatic heterocycles. The SMILES string of the molecule is CC(C)(NC1CCC(C(C)(C)C(C)(C)NC2CCC(C(C)(C)C3OCC(N)CO3)CC2)CC1)c1cc(I)cc(I)c1. The van der Waals surface area contributed by atoms with Crippen LogP contribution in [-0.2, 0) is 15.0 Å². The molecule has 0 spiro atoms. The van der Waals surface area contributed by atoms with Gasteiger partial charge in [-0.2, -0.15) is 0 Å². The van der Waals surface area contributed by atoms with Crippen molar-refractivity contribution in [3.63, 3.8) is 0 Å². The number of halogens is 2. The van der Waals surface area contributed by atoms with Crippen molar-refractivity contribution in [2.45, 2.75) is 142 Å². The standard InChI is InChI=1S/C34H57I2N3O2/c1-31(2,30-40-20-27(37)21-41-30)22-9-13-29(14-10-22)39-34(7,8)32(3,4)23-11-15-28(16-12-23)38-33(5,6)24-17-25(35)19-26(36)18-24/h17-19,22-23,27-30,38-39H,9-16,20-21,37H2,1-8H3. The summed E-state index contributed by atoms with van der Waals surface area (Å²) in [5, 5.41) is 8.21. The lowest BCUT2D eigenvalue weighted by molar-refractivity contribution is -0.247. The minimum atomic E-state index is -0.136. The summed E-state index contributed by atoms with van der Waals surface area (Å²) < 4.78 is 14.7. The fraction of sp³-hybridized carbons (Fsp3) is 0.824. The van der Waals surface area contributed by atoms with Gasteiger partial charge >= 0.3 is 0 Å². The molecule has 2 saturated carbocycles. The molecule has 3 aliphatic rings. The summed E-state index contributed by atoms with van der Waals surface area (Å²) in [5.74, 6) is 1.35. The number of rotatable bonds is 9. The molecule has 41 heavy (non-hydrogen) atoms. The van der Waals surface area contributed by atoms with Crippen LogP contribution in [0, 0.1) is 29.8 Å². The minimum absolute atomic E-state index is 0.00754. The van der Waals surface area contributed by atoms with Gasteiger partial charge in [-0.1, -0.05) is 27.7 Å². The summed E-state index contributed by atoms with van der Waals surface area (Å²) in [6.45, 7) is 20.5. The lowest BCUT2D eigenvalue weighted by Gasteiger charge is -2.52. The maximum atomic E-state index is 6.03. The first-order valence-corrected chi connectivity index (χ1v) is 18.2. The van der Waals surface area contributed by atoms with Gasteiger partial charge in [-0.25, -0.2) is 0 Å². The van der Waals surface area contributed by atoms with Crippen molar-refractivity contribution in [1.82, 2.24) is 10.6 Å². The van der Waals surface area contributed by atoms with E-state index in [1.165, 1.54) is 64.1 Å². The highest BCUT2D eigenvalue weighted by Gasteiger charge is 2.47. The highest BCUT2D eigenvalue weighted by atomic mass is 127. The molecule has 1 heterocycles. The van der Waals surface area contributed by atoms with Gasteiger partial charge in [0.05, 0.1) is 19.3 Å². The van der Waals surface area contributed by atoms with Gasteiger partial charge in [-0.15, -0.1) is 0 Å². The van der Waals surface area contributed by atoms with Gasteiger partial charge in [0.25, 0.3) is 0 Å². The van der Waals surface area contributed by atoms with E-state index in [2.05, 4.69) is 129 Å². The average Bonchev–Trinajstić information content (AvgIpc) is 2.88. The van der Waals surface area contributed by atoms with E-state index in [0.29, 0.717) is 31.2 Å². The van der Waals surface area contributed by atoms with Crippen LogP contribution in [0.4, 0.5) is 0 Å². The molecule has 1 saturated heterocycles. The van der Waals surface area contributed by atoms with Crippen molar-refractivity contribution in [3.05, 3.63) is 30.9 Å². The molecule has 4 N–H and O–H groups in total. The number of benzene rings is 1. The predicted molar refractivity (Wildman–Crippen MR) is 188 cm³/mol. The van der Waals surface area contributed by atoms with Crippen LogP contribution in [0.3, 0.4) is 0 Å². The van der Waals surface area contributed by atoms with Crippen LogP contribution in [-0.4, -0.2) is 43.2 Å². The van der Waals surface area contributed by atoms with E-state index in [4.69, 9.17) is 15.2 Å². The fourth-order valence-electron chi connectivity index (χ4n) is 7.80. The Kier molecular flexibility index (Phi) is 11.3. The lowest BCUT2D eigenvalue weighted by atomic mass is 9.60. The van der Waals surface area contributed by atoms with Crippen molar-refractivity contribution < 1.29 is 9.47 Å². The van der Waals surface area contributed by atoms with Crippen molar-refractivity contribution in [2.75, 3.05) is 13.2 Å². The number of nitrogens with one attached hydrogen (secondary N) is 2. The third-order valence-corrected chi connectivity index (χ3v) is 12.6. The summed E-state index contributed by atoms with van der Waals surface area (Å²) in [4.78, 5) is 0. The molecule has 5 nitrogen and oxygen atoms in total. The molecular formula is C34H57I2N3O2. The predicted octanol–water partition coefficient (Wildman–Crippen LogP) is 7.96. The second-order valence-corrected chi connectivity index (χ2v) is 18.1. The van der Waals surface area contributed by atoms with E-state index >= 15 is 0 Å². The van der Waals surface area contributed by atoms with Crippen LogP contribution < -0.4 is 16.4 Å². The smallest absolute Gasteiger partial charge is 0.163 e. The zero-order valence-electron chi connectivity index (χ0n) is 26.9. The number of hydrogen-bond donors (Lipinski definition) is 3. The van der Waals surface area contributed by atoms with Crippen LogP contribution in [0.5, 0.6) is 0 Å². The van der Waals surface area contributed by atoms with Crippen molar-refractivity contribution in [1.29, 1.82) is 0 Å². The first-order valence-electron chi connectivity index (χ1n) is 16.0. The zero-order chi connectivity index (χ0) is 30.2. The second kappa shape index (κ2) is 13.5. The maximum Gasteiger partial charge on any atom is 0.163 e. The van der Waals surface area contributed by atoms with Crippen LogP contribution in [0.2, 0.25) is 0 Å². The molecule has 0 unspecified atom stereocenters. The van der Waals surface area contributed by atoms with Crippen molar-refractivity contribution in [2.24, 2.45) is 28.4 Å². The van der Waals surface area contributed by atoms with E-state index in [0.717, 1.165) is 5.92 Å². The van der Waals surface area contributed by atoms with E-state index in [-0.39, 0.29) is 34.2 Å². The van der Waals surface area contributed by atoms with Crippen LogP contribution in [0.15, 0.2) is 18.2 Å². The molecule has 0 radical (unpaired) electrons. The molecule has 2 aliphatic carbocycles. The summed E-state index contributed by atoms with van der Waals surface area (Å²) in [5.41, 5.74) is 7.66. The Balaban J connectivity index is 1.28. The van der Waals surface area contributed by atoms with Crippen LogP contribution in [0.1, 0.15) is 112 Å². The number of ether oxygens (including phenoxy) is 2. The minimum Gasteiger partial charge on any atom is -0.350 e. The first kappa shape index (κ1) is 34.4. The quantitative estimate of drug-likeness (QED) is 0.222. The molecule has 0 atom stereocenters. The Morgan fingerprint density at radius 3 is 1.66 bits per heavy atom. The fourth-order valence-corrected chi connectivity index (χ4v) is 9.73. The second-order valence-electron chi connectivity index (χ2n) is 15.6. The molecule has 1 aromatic rings. The third-order valence-electron chi connectivity index (χ3n) is 11.4. The van der Waals surface area contributed by atoms with Gasteiger partial charge in [0, 0.05) is 35.7 Å². The molecule has 4 rings (SSSR count). The molecule has 3 fully saturated rings. The monoisotopic (exact) mass is 793 g/mol. The van der Waals surface area contributed by atoms with E-state index in [1.807, 2.05) is 0 Å². The third kappa shape index (κ3) is 8.20. The normalized spacial score (nSPS) is 30.8. The van der Waals surface area contributed by atoms with Gasteiger partial charge in [-0.3, -0.25) is 0 Å². The first-order chi connectivity index (χ1) is 19.0. The molecule has 1 aromatic carbocycles. The number of nitrogens with two attached hydrogens (primary N) is 1. The van der Waals surface area contributed by atoms with Crippen molar-refractivity contribution >= 4 is 45.2 Å². The van der Waals surface area contributed by atoms with Crippen LogP contribution in [0.25, 0.3) is 0 Å². The zero-order valence-corrected chi connectivity index (χ0v) is 31.2. The largest absolute Gasteiger partial charge is 0.350 e. The summed E-state index contributed by atoms with van der Waals surface area (Å²) in [6.07, 6.45) is 9.86. The molecule has 0 aromatic heterocycles. The lowest BCUT2D eigenvalue weighted by Crippen LogP contribution is -2.59. The summed E-state index contributed by atoms with van der Waals surface area (Å²) >= 11 is 4.88. The summed E-state index contributed by atoms with van der Waals surface area (Å²) in [6, 6.07) is 8.08. The summed E-state index contributed by atoms with van der Waals surface area (Å²) in [7, 11) is 0. The van der Waals surface area contributed by atoms with Gasteiger partial charge in [0.1, 0.15) is 0 Å². The maximum absolute atomic E-state index is 6.03. The Hall–Kier alpha value is 0.480. The average molecular weight is 794 g/mol. The Labute approximate surface area is 278 Å². The van der Waals surface area contributed by atoms with Crippen molar-refractivity contribution in [3.8, 4) is 0 Å². The van der Waals surface area contributed by atoms with E-state index in [9.17, 15) is 0 Å². The Bertz CT molecular complexity index is 983. The van der Waals surface area contributed by atoms with E-state index in [1.54, 1.807) is 0 Å². The molecule has 234 valence electrons. The van der Waals surface area contributed by atoms with Gasteiger partial charge in [0.2, 0.25) is 0 Å². The molecule has 0 bridgehead atoms. The van der Waals surface area contributed by atoms with Gasteiger partial charge < -0.3 is 25.8 Å². The molecule has 7 heteroatoms. The van der Waals surface area contributed by atoms with Gasteiger partial charge in [-0.05, 0) is 165 Å². The van der Waals surface area contributed by atoms with Crippen LogP contribution >= 0.6 is 45.2 Å². The van der Waals surface area contributed by atoms with E-state index < -0.39 is 0 Å².